The Bertz CT molecular complexity index is 386. The minimum Gasteiger partial charge on any atom is -0.387 e. The molecule has 0 saturated heterocycles. The maximum atomic E-state index is 9.87. The van der Waals surface area contributed by atoms with E-state index >= 15 is 0 Å². The number of benzene rings is 1. The first-order valence-corrected chi connectivity index (χ1v) is 5.93. The van der Waals surface area contributed by atoms with Crippen molar-refractivity contribution in [3.8, 4) is 11.8 Å². The molecule has 1 atom stereocenters. The summed E-state index contributed by atoms with van der Waals surface area (Å²) in [6, 6.07) is 9.65. The van der Waals surface area contributed by atoms with Crippen LogP contribution in [0, 0.1) is 17.3 Å². The van der Waals surface area contributed by atoms with Crippen LogP contribution in [0.4, 0.5) is 0 Å². The Morgan fingerprint density at radius 2 is 1.83 bits per heavy atom. The van der Waals surface area contributed by atoms with Crippen LogP contribution in [0.15, 0.2) is 30.3 Å². The summed E-state index contributed by atoms with van der Waals surface area (Å²) in [6.07, 6.45) is -0.465. The molecule has 1 aromatic carbocycles. The van der Waals surface area contributed by atoms with Gasteiger partial charge in [0, 0.05) is 12.0 Å². The molecule has 1 rings (SSSR count). The second-order valence-corrected chi connectivity index (χ2v) is 5.11. The summed E-state index contributed by atoms with van der Waals surface area (Å²) < 4.78 is 0. The molecule has 0 fully saturated rings. The molecule has 2 nitrogen and oxygen atoms in total. The average Bonchev–Trinajstić information content (AvgIpc) is 2.28. The normalized spacial score (nSPS) is 12.0. The Morgan fingerprint density at radius 1 is 1.22 bits per heavy atom. The molecule has 0 radical (unpaired) electrons. The van der Waals surface area contributed by atoms with Crippen LogP contribution in [0.25, 0.3) is 0 Å². The molecule has 0 heterocycles. The first kappa shape index (κ1) is 17.0. The zero-order chi connectivity index (χ0) is 12.7. The molecule has 3 heteroatoms. The van der Waals surface area contributed by atoms with Gasteiger partial charge < -0.3 is 10.4 Å². The van der Waals surface area contributed by atoms with Crippen LogP contribution < -0.4 is 5.32 Å². The Labute approximate surface area is 116 Å². The number of rotatable bonds is 4. The zero-order valence-electron chi connectivity index (χ0n) is 11.2. The summed E-state index contributed by atoms with van der Waals surface area (Å²) in [7, 11) is 0. The summed E-state index contributed by atoms with van der Waals surface area (Å²) >= 11 is 0. The Morgan fingerprint density at radius 3 is 2.39 bits per heavy atom. The lowest BCUT2D eigenvalue weighted by molar-refractivity contribution is 0.176. The summed E-state index contributed by atoms with van der Waals surface area (Å²) in [4.78, 5) is 0. The summed E-state index contributed by atoms with van der Waals surface area (Å²) in [5.41, 5.74) is 0.975. The molecule has 0 aromatic heterocycles. The topological polar surface area (TPSA) is 32.3 Å². The van der Waals surface area contributed by atoms with Crippen LogP contribution in [-0.4, -0.2) is 18.2 Å². The monoisotopic (exact) mass is 267 g/mol. The third kappa shape index (κ3) is 7.34. The molecule has 2 N–H and O–H groups in total. The average molecular weight is 268 g/mol. The van der Waals surface area contributed by atoms with Gasteiger partial charge in [-0.3, -0.25) is 0 Å². The van der Waals surface area contributed by atoms with Gasteiger partial charge in [0.15, 0.2) is 0 Å². The van der Waals surface area contributed by atoms with Crippen LogP contribution >= 0.6 is 12.4 Å². The van der Waals surface area contributed by atoms with E-state index in [-0.39, 0.29) is 17.8 Å². The summed E-state index contributed by atoms with van der Waals surface area (Å²) in [6.45, 7) is 7.39. The zero-order valence-corrected chi connectivity index (χ0v) is 12.1. The van der Waals surface area contributed by atoms with Crippen molar-refractivity contribution in [3.05, 3.63) is 35.9 Å². The second kappa shape index (κ2) is 8.16. The number of hydrogen-bond acceptors (Lipinski definition) is 2. The SMILES string of the molecule is CC(C)(C)C#CCNCC(O)c1ccccc1.Cl. The molecule has 18 heavy (non-hydrogen) atoms. The van der Waals surface area contributed by atoms with Crippen LogP contribution in [0.5, 0.6) is 0 Å². The molecule has 0 amide bonds. The maximum absolute atomic E-state index is 9.87. The van der Waals surface area contributed by atoms with Crippen molar-refractivity contribution in [2.24, 2.45) is 5.41 Å². The summed E-state index contributed by atoms with van der Waals surface area (Å²) in [5.74, 6) is 6.20. The molecule has 0 saturated carbocycles. The van der Waals surface area contributed by atoms with Crippen LogP contribution in [0.3, 0.4) is 0 Å². The van der Waals surface area contributed by atoms with Crippen molar-refractivity contribution in [3.63, 3.8) is 0 Å². The second-order valence-electron chi connectivity index (χ2n) is 5.11. The Kier molecular flexibility index (Phi) is 7.70. The first-order chi connectivity index (χ1) is 7.99. The van der Waals surface area contributed by atoms with Gasteiger partial charge in [0.25, 0.3) is 0 Å². The van der Waals surface area contributed by atoms with Crippen LogP contribution in [0.1, 0.15) is 32.4 Å². The number of aliphatic hydroxyl groups excluding tert-OH is 1. The van der Waals surface area contributed by atoms with Gasteiger partial charge in [0.05, 0.1) is 12.6 Å². The van der Waals surface area contributed by atoms with E-state index in [1.807, 2.05) is 30.3 Å². The quantitative estimate of drug-likeness (QED) is 0.650. The highest BCUT2D eigenvalue weighted by Gasteiger charge is 2.05. The standard InChI is InChI=1S/C15H21NO.ClH/c1-15(2,3)10-7-11-16-12-14(17)13-8-5-4-6-9-13;/h4-6,8-9,14,16-17H,11-12H2,1-3H3;1H. The molecule has 0 aliphatic heterocycles. The van der Waals surface area contributed by atoms with Gasteiger partial charge in [-0.2, -0.15) is 0 Å². The number of nitrogens with one attached hydrogen (secondary N) is 1. The third-order valence-corrected chi connectivity index (χ3v) is 2.20. The molecule has 1 aromatic rings. The predicted molar refractivity (Wildman–Crippen MR) is 78.8 cm³/mol. The molecule has 0 spiro atoms. The van der Waals surface area contributed by atoms with Gasteiger partial charge in [-0.05, 0) is 26.3 Å². The van der Waals surface area contributed by atoms with Crippen LogP contribution in [-0.2, 0) is 0 Å². The van der Waals surface area contributed by atoms with Gasteiger partial charge >= 0.3 is 0 Å². The van der Waals surface area contributed by atoms with E-state index in [0.29, 0.717) is 13.1 Å². The van der Waals surface area contributed by atoms with Crippen molar-refractivity contribution in [2.45, 2.75) is 26.9 Å². The fourth-order valence-electron chi connectivity index (χ4n) is 1.37. The van der Waals surface area contributed by atoms with E-state index in [9.17, 15) is 5.11 Å². The minimum absolute atomic E-state index is 0. The molecule has 1 unspecified atom stereocenters. The molecule has 0 bridgehead atoms. The predicted octanol–water partition coefficient (Wildman–Crippen LogP) is 2.78. The summed E-state index contributed by atoms with van der Waals surface area (Å²) in [5, 5.41) is 13.0. The molecular weight excluding hydrogens is 246 g/mol. The first-order valence-electron chi connectivity index (χ1n) is 5.93. The number of halogens is 1. The van der Waals surface area contributed by atoms with Gasteiger partial charge in [-0.15, -0.1) is 12.4 Å². The Balaban J connectivity index is 0.00000289. The largest absolute Gasteiger partial charge is 0.387 e. The molecule has 0 aliphatic carbocycles. The van der Waals surface area contributed by atoms with Crippen molar-refractivity contribution in [2.75, 3.05) is 13.1 Å². The smallest absolute Gasteiger partial charge is 0.0914 e. The third-order valence-electron chi connectivity index (χ3n) is 2.20. The van der Waals surface area contributed by atoms with Crippen molar-refractivity contribution >= 4 is 12.4 Å². The maximum Gasteiger partial charge on any atom is 0.0914 e. The van der Waals surface area contributed by atoms with Gasteiger partial charge in [0.1, 0.15) is 0 Å². The highest BCUT2D eigenvalue weighted by molar-refractivity contribution is 5.85. The lowest BCUT2D eigenvalue weighted by Crippen LogP contribution is -2.21. The highest BCUT2D eigenvalue weighted by Crippen LogP contribution is 2.10. The van der Waals surface area contributed by atoms with E-state index < -0.39 is 6.10 Å². The minimum atomic E-state index is -0.465. The van der Waals surface area contributed by atoms with E-state index in [2.05, 4.69) is 37.9 Å². The highest BCUT2D eigenvalue weighted by atomic mass is 35.5. The van der Waals surface area contributed by atoms with Crippen LogP contribution in [0.2, 0.25) is 0 Å². The molecule has 0 aliphatic rings. The molecular formula is C15H22ClNO. The molecule has 100 valence electrons. The van der Waals surface area contributed by atoms with Gasteiger partial charge in [0.2, 0.25) is 0 Å². The number of hydrogen-bond donors (Lipinski definition) is 2. The lowest BCUT2D eigenvalue weighted by atomic mass is 9.98. The lowest BCUT2D eigenvalue weighted by Gasteiger charge is -2.11. The van der Waals surface area contributed by atoms with Gasteiger partial charge in [-0.25, -0.2) is 0 Å². The van der Waals surface area contributed by atoms with Crippen molar-refractivity contribution in [1.82, 2.24) is 5.32 Å². The van der Waals surface area contributed by atoms with E-state index in [1.54, 1.807) is 0 Å². The van der Waals surface area contributed by atoms with Gasteiger partial charge in [-0.1, -0.05) is 42.2 Å². The fourth-order valence-corrected chi connectivity index (χ4v) is 1.37. The fraction of sp³-hybridized carbons (Fsp3) is 0.467. The van der Waals surface area contributed by atoms with Crippen molar-refractivity contribution in [1.29, 1.82) is 0 Å². The van der Waals surface area contributed by atoms with E-state index in [1.165, 1.54) is 0 Å². The Hall–Kier alpha value is -1.01. The number of aliphatic hydroxyl groups is 1. The van der Waals surface area contributed by atoms with E-state index in [0.717, 1.165) is 5.56 Å². The van der Waals surface area contributed by atoms with Crippen molar-refractivity contribution < 1.29 is 5.11 Å². The van der Waals surface area contributed by atoms with E-state index in [4.69, 9.17) is 0 Å².